The summed E-state index contributed by atoms with van der Waals surface area (Å²) in [5.74, 6) is 0. The molecular formula is C12H25NO2. The molecule has 1 aliphatic carbocycles. The van der Waals surface area contributed by atoms with Gasteiger partial charge in [-0.15, -0.1) is 0 Å². The van der Waals surface area contributed by atoms with Gasteiger partial charge in [0.05, 0.1) is 18.2 Å². The molecule has 3 nitrogen and oxygen atoms in total. The van der Waals surface area contributed by atoms with Crippen LogP contribution in [0.3, 0.4) is 0 Å². The highest BCUT2D eigenvalue weighted by Crippen LogP contribution is 2.30. The zero-order valence-corrected chi connectivity index (χ0v) is 10.3. The third-order valence-electron chi connectivity index (χ3n) is 3.67. The predicted molar refractivity (Wildman–Crippen MR) is 62.0 cm³/mol. The van der Waals surface area contributed by atoms with E-state index in [2.05, 4.69) is 19.2 Å². The number of methoxy groups -OCH3 is 1. The lowest BCUT2D eigenvalue weighted by molar-refractivity contribution is -0.0427. The number of rotatable bonds is 5. The molecule has 0 saturated heterocycles. The Hall–Kier alpha value is -0.120. The minimum atomic E-state index is -0.206. The van der Waals surface area contributed by atoms with E-state index >= 15 is 0 Å². The van der Waals surface area contributed by atoms with Gasteiger partial charge in [0.1, 0.15) is 0 Å². The molecule has 1 aliphatic rings. The summed E-state index contributed by atoms with van der Waals surface area (Å²) in [5.41, 5.74) is -0.206. The third-order valence-corrected chi connectivity index (χ3v) is 3.67. The van der Waals surface area contributed by atoms with Gasteiger partial charge < -0.3 is 15.2 Å². The van der Waals surface area contributed by atoms with Crippen LogP contribution >= 0.6 is 0 Å². The summed E-state index contributed by atoms with van der Waals surface area (Å²) in [6, 6.07) is 0.438. The number of hydrogen-bond acceptors (Lipinski definition) is 3. The van der Waals surface area contributed by atoms with Gasteiger partial charge in [0, 0.05) is 13.2 Å². The van der Waals surface area contributed by atoms with Crippen molar-refractivity contribution in [1.82, 2.24) is 5.32 Å². The Morgan fingerprint density at radius 3 is 2.80 bits per heavy atom. The van der Waals surface area contributed by atoms with Crippen molar-refractivity contribution >= 4 is 0 Å². The molecular weight excluding hydrogens is 190 g/mol. The van der Waals surface area contributed by atoms with Crippen molar-refractivity contribution in [2.75, 3.05) is 13.7 Å². The summed E-state index contributed by atoms with van der Waals surface area (Å²) in [6.45, 7) is 4.50. The molecule has 0 heterocycles. The van der Waals surface area contributed by atoms with Crippen LogP contribution in [0.1, 0.15) is 46.0 Å². The third kappa shape index (κ3) is 2.92. The van der Waals surface area contributed by atoms with Gasteiger partial charge >= 0.3 is 0 Å². The Morgan fingerprint density at radius 1 is 1.53 bits per heavy atom. The zero-order valence-electron chi connectivity index (χ0n) is 10.3. The first-order valence-electron chi connectivity index (χ1n) is 6.10. The van der Waals surface area contributed by atoms with E-state index in [-0.39, 0.29) is 18.2 Å². The second kappa shape index (κ2) is 5.83. The van der Waals surface area contributed by atoms with Gasteiger partial charge in [-0.05, 0) is 26.2 Å². The molecule has 15 heavy (non-hydrogen) atoms. The van der Waals surface area contributed by atoms with Gasteiger partial charge in [-0.3, -0.25) is 0 Å². The molecule has 0 radical (unpaired) electrons. The molecule has 2 N–H and O–H groups in total. The van der Waals surface area contributed by atoms with E-state index in [1.165, 1.54) is 12.8 Å². The van der Waals surface area contributed by atoms with E-state index in [0.29, 0.717) is 6.04 Å². The molecule has 3 unspecified atom stereocenters. The highest BCUT2D eigenvalue weighted by molar-refractivity contribution is 4.99. The fourth-order valence-corrected chi connectivity index (χ4v) is 2.54. The number of aliphatic hydroxyl groups is 1. The molecule has 0 aromatic heterocycles. The fourth-order valence-electron chi connectivity index (χ4n) is 2.54. The van der Waals surface area contributed by atoms with E-state index in [1.807, 2.05) is 0 Å². The Balaban J connectivity index is 2.69. The molecule has 3 atom stereocenters. The standard InChI is InChI=1S/C12H25NO2/c1-4-10(2)13-12(9-14)8-6-5-7-11(12)15-3/h10-11,13-14H,4-9H2,1-3H3. The number of nitrogens with one attached hydrogen (secondary N) is 1. The maximum atomic E-state index is 9.64. The van der Waals surface area contributed by atoms with Gasteiger partial charge in [0.25, 0.3) is 0 Å². The lowest BCUT2D eigenvalue weighted by atomic mass is 9.79. The summed E-state index contributed by atoms with van der Waals surface area (Å²) in [4.78, 5) is 0. The van der Waals surface area contributed by atoms with E-state index in [0.717, 1.165) is 19.3 Å². The SMILES string of the molecule is CCC(C)NC1(CO)CCCCC1OC. The topological polar surface area (TPSA) is 41.5 Å². The summed E-state index contributed by atoms with van der Waals surface area (Å²) < 4.78 is 5.52. The van der Waals surface area contributed by atoms with Crippen molar-refractivity contribution in [3.63, 3.8) is 0 Å². The Labute approximate surface area is 93.2 Å². The lowest BCUT2D eigenvalue weighted by Crippen LogP contribution is -2.61. The summed E-state index contributed by atoms with van der Waals surface area (Å²) >= 11 is 0. The molecule has 0 aliphatic heterocycles. The quantitative estimate of drug-likeness (QED) is 0.733. The van der Waals surface area contributed by atoms with Crippen LogP contribution in [0.2, 0.25) is 0 Å². The number of aliphatic hydroxyl groups excluding tert-OH is 1. The van der Waals surface area contributed by atoms with Crippen LogP contribution in [0, 0.1) is 0 Å². The second-order valence-corrected chi connectivity index (χ2v) is 4.74. The van der Waals surface area contributed by atoms with Gasteiger partial charge in [-0.25, -0.2) is 0 Å². The van der Waals surface area contributed by atoms with E-state index in [9.17, 15) is 5.11 Å². The summed E-state index contributed by atoms with van der Waals surface area (Å²) in [6.07, 6.45) is 5.71. The molecule has 0 aromatic rings. The van der Waals surface area contributed by atoms with Crippen LogP contribution in [0.4, 0.5) is 0 Å². The zero-order chi connectivity index (χ0) is 11.3. The number of ether oxygens (including phenoxy) is 1. The van der Waals surface area contributed by atoms with Gasteiger partial charge in [0.2, 0.25) is 0 Å². The molecule has 0 spiro atoms. The first-order valence-corrected chi connectivity index (χ1v) is 6.10. The molecule has 0 bridgehead atoms. The first-order chi connectivity index (χ1) is 7.18. The van der Waals surface area contributed by atoms with Gasteiger partial charge in [0.15, 0.2) is 0 Å². The van der Waals surface area contributed by atoms with Crippen LogP contribution in [0.15, 0.2) is 0 Å². The van der Waals surface area contributed by atoms with Crippen LogP contribution in [0.5, 0.6) is 0 Å². The van der Waals surface area contributed by atoms with E-state index in [1.54, 1.807) is 7.11 Å². The average Bonchev–Trinajstić information content (AvgIpc) is 2.29. The monoisotopic (exact) mass is 215 g/mol. The van der Waals surface area contributed by atoms with Crippen molar-refractivity contribution in [2.45, 2.75) is 63.6 Å². The maximum Gasteiger partial charge on any atom is 0.0775 e. The van der Waals surface area contributed by atoms with E-state index in [4.69, 9.17) is 4.74 Å². The first kappa shape index (κ1) is 12.9. The number of hydrogen-bond donors (Lipinski definition) is 2. The van der Waals surface area contributed by atoms with Crippen molar-refractivity contribution in [1.29, 1.82) is 0 Å². The van der Waals surface area contributed by atoms with Crippen molar-refractivity contribution in [3.05, 3.63) is 0 Å². The Kier molecular flexibility index (Phi) is 5.03. The van der Waals surface area contributed by atoms with Crippen LogP contribution in [-0.4, -0.2) is 36.5 Å². The van der Waals surface area contributed by atoms with E-state index < -0.39 is 0 Å². The molecule has 1 fully saturated rings. The second-order valence-electron chi connectivity index (χ2n) is 4.74. The van der Waals surface area contributed by atoms with Crippen LogP contribution in [0.25, 0.3) is 0 Å². The van der Waals surface area contributed by atoms with Gasteiger partial charge in [-0.1, -0.05) is 19.8 Å². The largest absolute Gasteiger partial charge is 0.394 e. The highest BCUT2D eigenvalue weighted by atomic mass is 16.5. The van der Waals surface area contributed by atoms with Crippen molar-refractivity contribution in [2.24, 2.45) is 0 Å². The minimum absolute atomic E-state index is 0.158. The molecule has 0 amide bonds. The lowest BCUT2D eigenvalue weighted by Gasteiger charge is -2.44. The molecule has 3 heteroatoms. The fraction of sp³-hybridized carbons (Fsp3) is 1.00. The van der Waals surface area contributed by atoms with Gasteiger partial charge in [-0.2, -0.15) is 0 Å². The summed E-state index contributed by atoms with van der Waals surface area (Å²) in [5, 5.41) is 13.2. The van der Waals surface area contributed by atoms with Crippen molar-refractivity contribution in [3.8, 4) is 0 Å². The molecule has 1 saturated carbocycles. The Morgan fingerprint density at radius 2 is 2.27 bits per heavy atom. The molecule has 0 aromatic carbocycles. The minimum Gasteiger partial charge on any atom is -0.394 e. The Bertz CT molecular complexity index is 186. The smallest absolute Gasteiger partial charge is 0.0775 e. The van der Waals surface area contributed by atoms with Crippen molar-refractivity contribution < 1.29 is 9.84 Å². The molecule has 1 rings (SSSR count). The van der Waals surface area contributed by atoms with Crippen LogP contribution < -0.4 is 5.32 Å². The van der Waals surface area contributed by atoms with Crippen LogP contribution in [-0.2, 0) is 4.74 Å². The normalized spacial score (nSPS) is 34.0. The maximum absolute atomic E-state index is 9.64. The summed E-state index contributed by atoms with van der Waals surface area (Å²) in [7, 11) is 1.75. The molecule has 90 valence electrons. The predicted octanol–water partition coefficient (Wildman–Crippen LogP) is 1.69. The highest BCUT2D eigenvalue weighted by Gasteiger charge is 2.40. The average molecular weight is 215 g/mol.